The molecule has 7 nitrogen and oxygen atoms in total. The number of hydrogen-bond donors (Lipinski definition) is 2. The van der Waals surface area contributed by atoms with E-state index in [1.807, 2.05) is 31.2 Å². The van der Waals surface area contributed by atoms with Crippen LogP contribution in [-0.2, 0) is 9.59 Å². The maximum absolute atomic E-state index is 12.6. The first-order valence-electron chi connectivity index (χ1n) is 9.33. The van der Waals surface area contributed by atoms with Gasteiger partial charge in [0.1, 0.15) is 11.5 Å². The van der Waals surface area contributed by atoms with Gasteiger partial charge in [0, 0.05) is 17.9 Å². The van der Waals surface area contributed by atoms with Crippen LogP contribution < -0.4 is 15.4 Å². The average Bonchev–Trinajstić information content (AvgIpc) is 3.08. The quantitative estimate of drug-likeness (QED) is 0.806. The van der Waals surface area contributed by atoms with E-state index in [9.17, 15) is 9.59 Å². The minimum absolute atomic E-state index is 0.0202. The summed E-state index contributed by atoms with van der Waals surface area (Å²) in [5.74, 6) is 1.46. The number of para-hydroxylation sites is 2. The van der Waals surface area contributed by atoms with Gasteiger partial charge in [0.2, 0.25) is 11.8 Å². The van der Waals surface area contributed by atoms with E-state index in [0.717, 1.165) is 0 Å². The number of carbonyl (C=O) groups is 2. The highest BCUT2D eigenvalue weighted by Gasteiger charge is 2.30. The Kier molecular flexibility index (Phi) is 6.11. The first-order chi connectivity index (χ1) is 13.1. The molecule has 2 amide bonds. The Bertz CT molecular complexity index is 794. The molecule has 0 unspecified atom stereocenters. The number of carbonyl (C=O) groups excluding carboxylic acids is 2. The maximum Gasteiger partial charge on any atom is 0.228 e. The summed E-state index contributed by atoms with van der Waals surface area (Å²) in [6, 6.07) is 9.10. The fourth-order valence-corrected chi connectivity index (χ4v) is 3.36. The van der Waals surface area contributed by atoms with Crippen molar-refractivity contribution < 1.29 is 18.8 Å². The van der Waals surface area contributed by atoms with E-state index in [1.165, 1.54) is 0 Å². The normalized spacial score (nSPS) is 19.3. The maximum atomic E-state index is 12.6. The van der Waals surface area contributed by atoms with E-state index in [2.05, 4.69) is 15.8 Å². The third kappa shape index (κ3) is 4.87. The summed E-state index contributed by atoms with van der Waals surface area (Å²) in [5, 5.41) is 9.52. The van der Waals surface area contributed by atoms with Gasteiger partial charge in [0.15, 0.2) is 5.82 Å². The standard InChI is InChI=1S/C20H25N3O4/c1-3-26-17-7-5-4-6-16(17)21-19(24)14-8-10-15(11-9-14)20(25)22-18-12-13(2)27-23-18/h4-7,12,14-15H,3,8-11H2,1-2H3,(H,21,24)(H,22,23,25). The number of nitrogens with zero attached hydrogens (tertiary/aromatic N) is 1. The van der Waals surface area contributed by atoms with Crippen LogP contribution in [0, 0.1) is 18.8 Å². The van der Waals surface area contributed by atoms with Gasteiger partial charge in [-0.3, -0.25) is 9.59 Å². The predicted molar refractivity (Wildman–Crippen MR) is 102 cm³/mol. The number of rotatable bonds is 6. The summed E-state index contributed by atoms with van der Waals surface area (Å²) in [6.07, 6.45) is 2.71. The molecule has 1 aliphatic rings. The number of benzene rings is 1. The SMILES string of the molecule is CCOc1ccccc1NC(=O)C1CCC(C(=O)Nc2cc(C)on2)CC1. The lowest BCUT2D eigenvalue weighted by atomic mass is 9.81. The van der Waals surface area contributed by atoms with Gasteiger partial charge in [0.25, 0.3) is 0 Å². The Balaban J connectivity index is 1.51. The Morgan fingerprint density at radius 2 is 1.74 bits per heavy atom. The fraction of sp³-hybridized carbons (Fsp3) is 0.450. The summed E-state index contributed by atoms with van der Waals surface area (Å²) in [4.78, 5) is 25.0. The van der Waals surface area contributed by atoms with Gasteiger partial charge in [-0.1, -0.05) is 17.3 Å². The lowest BCUT2D eigenvalue weighted by molar-refractivity contribution is -0.125. The zero-order valence-electron chi connectivity index (χ0n) is 15.7. The minimum Gasteiger partial charge on any atom is -0.492 e. The average molecular weight is 371 g/mol. The second-order valence-corrected chi connectivity index (χ2v) is 6.78. The zero-order chi connectivity index (χ0) is 19.2. The molecule has 3 rings (SSSR count). The summed E-state index contributed by atoms with van der Waals surface area (Å²) in [5.41, 5.74) is 0.686. The van der Waals surface area contributed by atoms with E-state index >= 15 is 0 Å². The zero-order valence-corrected chi connectivity index (χ0v) is 15.7. The van der Waals surface area contributed by atoms with Gasteiger partial charge >= 0.3 is 0 Å². The molecule has 1 saturated carbocycles. The van der Waals surface area contributed by atoms with Crippen LogP contribution >= 0.6 is 0 Å². The Hall–Kier alpha value is -2.83. The van der Waals surface area contributed by atoms with Crippen molar-refractivity contribution in [1.82, 2.24) is 5.16 Å². The third-order valence-corrected chi connectivity index (χ3v) is 4.79. The van der Waals surface area contributed by atoms with Crippen LogP contribution in [0.5, 0.6) is 5.75 Å². The second-order valence-electron chi connectivity index (χ2n) is 6.78. The lowest BCUT2D eigenvalue weighted by Crippen LogP contribution is -2.32. The number of aryl methyl sites for hydroxylation is 1. The van der Waals surface area contributed by atoms with Crippen LogP contribution in [0.3, 0.4) is 0 Å². The molecular formula is C20H25N3O4. The van der Waals surface area contributed by atoms with E-state index in [-0.39, 0.29) is 23.7 Å². The van der Waals surface area contributed by atoms with Crippen LogP contribution in [0.2, 0.25) is 0 Å². The molecule has 0 bridgehead atoms. The van der Waals surface area contributed by atoms with E-state index < -0.39 is 0 Å². The van der Waals surface area contributed by atoms with Crippen LogP contribution in [-0.4, -0.2) is 23.6 Å². The van der Waals surface area contributed by atoms with Crippen molar-refractivity contribution in [1.29, 1.82) is 0 Å². The predicted octanol–water partition coefficient (Wildman–Crippen LogP) is 3.77. The molecule has 1 heterocycles. The lowest BCUT2D eigenvalue weighted by Gasteiger charge is -2.27. The number of aromatic nitrogens is 1. The van der Waals surface area contributed by atoms with Crippen LogP contribution in [0.1, 0.15) is 38.4 Å². The van der Waals surface area contributed by atoms with Crippen molar-refractivity contribution in [3.8, 4) is 5.75 Å². The summed E-state index contributed by atoms with van der Waals surface area (Å²) >= 11 is 0. The van der Waals surface area contributed by atoms with E-state index in [1.54, 1.807) is 13.0 Å². The molecule has 0 atom stereocenters. The monoisotopic (exact) mass is 371 g/mol. The van der Waals surface area contributed by atoms with Gasteiger partial charge in [-0.25, -0.2) is 0 Å². The number of nitrogens with one attached hydrogen (secondary N) is 2. The number of amides is 2. The molecule has 2 aromatic rings. The molecular weight excluding hydrogens is 346 g/mol. The van der Waals surface area contributed by atoms with Crippen molar-refractivity contribution in [2.45, 2.75) is 39.5 Å². The summed E-state index contributed by atoms with van der Waals surface area (Å²) in [6.45, 7) is 4.22. The highest BCUT2D eigenvalue weighted by atomic mass is 16.5. The smallest absolute Gasteiger partial charge is 0.228 e. The molecule has 2 N–H and O–H groups in total. The molecule has 1 aromatic carbocycles. The molecule has 0 saturated heterocycles. The van der Waals surface area contributed by atoms with Crippen molar-refractivity contribution in [3.05, 3.63) is 36.1 Å². The molecule has 1 fully saturated rings. The van der Waals surface area contributed by atoms with Gasteiger partial charge in [-0.15, -0.1) is 0 Å². The van der Waals surface area contributed by atoms with Gasteiger partial charge in [-0.05, 0) is 51.7 Å². The Morgan fingerprint density at radius 1 is 1.11 bits per heavy atom. The molecule has 0 radical (unpaired) electrons. The molecule has 1 aromatic heterocycles. The van der Waals surface area contributed by atoms with Gasteiger partial charge in [-0.2, -0.15) is 0 Å². The number of hydrogen-bond acceptors (Lipinski definition) is 5. The highest BCUT2D eigenvalue weighted by Crippen LogP contribution is 2.32. The largest absolute Gasteiger partial charge is 0.492 e. The van der Waals surface area contributed by atoms with E-state index in [4.69, 9.17) is 9.26 Å². The summed E-state index contributed by atoms with van der Waals surface area (Å²) in [7, 11) is 0. The number of anilines is 2. The van der Waals surface area contributed by atoms with Crippen molar-refractivity contribution in [2.75, 3.05) is 17.2 Å². The second kappa shape index (κ2) is 8.70. The van der Waals surface area contributed by atoms with Crippen LogP contribution in [0.15, 0.2) is 34.9 Å². The van der Waals surface area contributed by atoms with Gasteiger partial charge < -0.3 is 19.9 Å². The highest BCUT2D eigenvalue weighted by molar-refractivity contribution is 5.95. The van der Waals surface area contributed by atoms with Crippen molar-refractivity contribution in [2.24, 2.45) is 11.8 Å². The molecule has 1 aliphatic carbocycles. The fourth-order valence-electron chi connectivity index (χ4n) is 3.36. The minimum atomic E-state index is -0.109. The molecule has 7 heteroatoms. The number of ether oxygens (including phenoxy) is 1. The van der Waals surface area contributed by atoms with Crippen LogP contribution in [0.25, 0.3) is 0 Å². The first kappa shape index (κ1) is 18.9. The molecule has 144 valence electrons. The van der Waals surface area contributed by atoms with Crippen LogP contribution in [0.4, 0.5) is 11.5 Å². The Morgan fingerprint density at radius 3 is 2.33 bits per heavy atom. The summed E-state index contributed by atoms with van der Waals surface area (Å²) < 4.78 is 10.5. The third-order valence-electron chi connectivity index (χ3n) is 4.79. The molecule has 0 aliphatic heterocycles. The van der Waals surface area contributed by atoms with Crippen molar-refractivity contribution >= 4 is 23.3 Å². The Labute approximate surface area is 158 Å². The first-order valence-corrected chi connectivity index (χ1v) is 9.33. The topological polar surface area (TPSA) is 93.5 Å². The van der Waals surface area contributed by atoms with Crippen molar-refractivity contribution in [3.63, 3.8) is 0 Å². The van der Waals surface area contributed by atoms with Gasteiger partial charge in [0.05, 0.1) is 12.3 Å². The molecule has 0 spiro atoms. The molecule has 27 heavy (non-hydrogen) atoms. The van der Waals surface area contributed by atoms with E-state index in [0.29, 0.717) is 55.3 Å².